The first-order valence-electron chi connectivity index (χ1n) is 9.31. The molecule has 2 aromatic carbocycles. The zero-order chi connectivity index (χ0) is 22.8. The first kappa shape index (κ1) is 24.4. The van der Waals surface area contributed by atoms with Gasteiger partial charge in [-0.05, 0) is 93.7 Å². The van der Waals surface area contributed by atoms with Gasteiger partial charge in [0.2, 0.25) is 0 Å². The van der Waals surface area contributed by atoms with Crippen molar-refractivity contribution < 1.29 is 23.8 Å². The highest BCUT2D eigenvalue weighted by Crippen LogP contribution is 2.35. The average Bonchev–Trinajstić information content (AvgIpc) is 2.73. The van der Waals surface area contributed by atoms with Gasteiger partial charge in [0.15, 0.2) is 6.61 Å². The van der Waals surface area contributed by atoms with Crippen molar-refractivity contribution in [1.82, 2.24) is 0 Å². The van der Waals surface area contributed by atoms with E-state index in [1.54, 1.807) is 43.3 Å². The molecule has 0 aliphatic heterocycles. The number of ether oxygens (including phenoxy) is 3. The summed E-state index contributed by atoms with van der Waals surface area (Å²) in [6, 6.07) is 12.1. The third-order valence-electron chi connectivity index (χ3n) is 3.76. The molecule has 0 radical (unpaired) electrons. The van der Waals surface area contributed by atoms with Crippen LogP contribution in [0.3, 0.4) is 0 Å². The second-order valence-corrected chi connectivity index (χ2v) is 7.70. The Kier molecular flexibility index (Phi) is 9.56. The summed E-state index contributed by atoms with van der Waals surface area (Å²) in [5, 5.41) is 12.1. The topological polar surface area (TPSA) is 97.7 Å². The molecule has 0 unspecified atom stereocenters. The van der Waals surface area contributed by atoms with Crippen LogP contribution in [-0.2, 0) is 14.3 Å². The van der Waals surface area contributed by atoms with Gasteiger partial charge in [-0.15, -0.1) is 0 Å². The van der Waals surface area contributed by atoms with Gasteiger partial charge in [0.1, 0.15) is 23.1 Å². The first-order chi connectivity index (χ1) is 14.9. The summed E-state index contributed by atoms with van der Waals surface area (Å²) in [6.07, 6.45) is 1.45. The molecule has 0 aliphatic rings. The number of benzene rings is 2. The zero-order valence-corrected chi connectivity index (χ0v) is 20.1. The number of halogens is 2. The Hall–Kier alpha value is -2.83. The standard InChI is InChI=1S/C22H20Br2N2O5/c1-3-29-17-7-5-16(6-8-17)26-22(28)15(12-25)9-14-10-18(23)21(19(24)11-14)31-13-20(27)30-4-2/h5-11H,3-4,13H2,1-2H3,(H,26,28)/b15-9-. The molecule has 9 heteroatoms. The predicted octanol–water partition coefficient (Wildman–Crippen LogP) is 5.10. The summed E-state index contributed by atoms with van der Waals surface area (Å²) in [5.41, 5.74) is 1.05. The molecular weight excluding hydrogens is 532 g/mol. The molecule has 0 saturated heterocycles. The molecule has 0 aliphatic carbocycles. The van der Waals surface area contributed by atoms with Crippen molar-refractivity contribution in [2.75, 3.05) is 25.1 Å². The van der Waals surface area contributed by atoms with Crippen molar-refractivity contribution in [1.29, 1.82) is 5.26 Å². The molecule has 0 heterocycles. The number of hydrogen-bond acceptors (Lipinski definition) is 6. The van der Waals surface area contributed by atoms with Gasteiger partial charge in [-0.2, -0.15) is 5.26 Å². The van der Waals surface area contributed by atoms with E-state index in [0.29, 0.717) is 38.3 Å². The number of nitrogens with zero attached hydrogens (tertiary/aromatic N) is 1. The maximum Gasteiger partial charge on any atom is 0.344 e. The van der Waals surface area contributed by atoms with Gasteiger partial charge in [0, 0.05) is 5.69 Å². The largest absolute Gasteiger partial charge is 0.494 e. The van der Waals surface area contributed by atoms with Crippen molar-refractivity contribution in [3.8, 4) is 17.6 Å². The maximum absolute atomic E-state index is 12.5. The van der Waals surface area contributed by atoms with Crippen molar-refractivity contribution in [3.05, 3.63) is 56.5 Å². The second-order valence-electron chi connectivity index (χ2n) is 5.99. The van der Waals surface area contributed by atoms with Crippen LogP contribution in [-0.4, -0.2) is 31.7 Å². The van der Waals surface area contributed by atoms with E-state index in [-0.39, 0.29) is 18.8 Å². The van der Waals surface area contributed by atoms with Crippen LogP contribution in [0.4, 0.5) is 5.69 Å². The van der Waals surface area contributed by atoms with Crippen molar-refractivity contribution in [2.45, 2.75) is 13.8 Å². The molecule has 0 saturated carbocycles. The summed E-state index contributed by atoms with van der Waals surface area (Å²) in [7, 11) is 0. The minimum atomic E-state index is -0.540. The number of esters is 1. The SMILES string of the molecule is CCOC(=O)COc1c(Br)cc(/C=C(/C#N)C(=O)Nc2ccc(OCC)cc2)cc1Br. The number of anilines is 1. The smallest absolute Gasteiger partial charge is 0.344 e. The van der Waals surface area contributed by atoms with E-state index in [9.17, 15) is 14.9 Å². The number of hydrogen-bond donors (Lipinski definition) is 1. The molecular formula is C22H20Br2N2O5. The molecule has 0 aromatic heterocycles. The zero-order valence-electron chi connectivity index (χ0n) is 16.9. The van der Waals surface area contributed by atoms with Gasteiger partial charge in [0.05, 0.1) is 22.2 Å². The fourth-order valence-electron chi connectivity index (χ4n) is 2.45. The number of nitriles is 1. The third kappa shape index (κ3) is 7.42. The lowest BCUT2D eigenvalue weighted by Gasteiger charge is -2.11. The fourth-order valence-corrected chi connectivity index (χ4v) is 3.90. The summed E-state index contributed by atoms with van der Waals surface area (Å²) < 4.78 is 16.8. The minimum absolute atomic E-state index is 0.0760. The Labute approximate surface area is 197 Å². The van der Waals surface area contributed by atoms with Gasteiger partial charge >= 0.3 is 5.97 Å². The van der Waals surface area contributed by atoms with Crippen LogP contribution >= 0.6 is 31.9 Å². The van der Waals surface area contributed by atoms with Gasteiger partial charge in [-0.3, -0.25) is 4.79 Å². The van der Waals surface area contributed by atoms with Gasteiger partial charge in [-0.25, -0.2) is 4.79 Å². The number of rotatable bonds is 9. The highest BCUT2D eigenvalue weighted by Gasteiger charge is 2.14. The molecule has 0 atom stereocenters. The lowest BCUT2D eigenvalue weighted by atomic mass is 10.1. The molecule has 31 heavy (non-hydrogen) atoms. The van der Waals surface area contributed by atoms with E-state index in [1.807, 2.05) is 13.0 Å². The monoisotopic (exact) mass is 550 g/mol. The summed E-state index contributed by atoms with van der Waals surface area (Å²) in [6.45, 7) is 4.17. The van der Waals surface area contributed by atoms with Crippen LogP contribution in [0.15, 0.2) is 50.9 Å². The van der Waals surface area contributed by atoms with Gasteiger partial charge in [0.25, 0.3) is 5.91 Å². The molecule has 1 N–H and O–H groups in total. The van der Waals surface area contributed by atoms with E-state index < -0.39 is 11.9 Å². The Morgan fingerprint density at radius 3 is 2.26 bits per heavy atom. The van der Waals surface area contributed by atoms with Crippen LogP contribution in [0.1, 0.15) is 19.4 Å². The highest BCUT2D eigenvalue weighted by molar-refractivity contribution is 9.11. The lowest BCUT2D eigenvalue weighted by molar-refractivity contribution is -0.145. The average molecular weight is 552 g/mol. The maximum atomic E-state index is 12.5. The lowest BCUT2D eigenvalue weighted by Crippen LogP contribution is -2.15. The van der Waals surface area contributed by atoms with Crippen LogP contribution in [0.2, 0.25) is 0 Å². The second kappa shape index (κ2) is 12.1. The molecule has 0 spiro atoms. The van der Waals surface area contributed by atoms with Crippen LogP contribution in [0, 0.1) is 11.3 Å². The normalized spacial score (nSPS) is 10.7. The van der Waals surface area contributed by atoms with E-state index in [1.165, 1.54) is 6.08 Å². The fraction of sp³-hybridized carbons (Fsp3) is 0.227. The molecule has 7 nitrogen and oxygen atoms in total. The Morgan fingerprint density at radius 2 is 1.71 bits per heavy atom. The third-order valence-corrected chi connectivity index (χ3v) is 4.94. The minimum Gasteiger partial charge on any atom is -0.494 e. The first-order valence-corrected chi connectivity index (χ1v) is 10.9. The molecule has 0 fully saturated rings. The van der Waals surface area contributed by atoms with Crippen LogP contribution in [0.25, 0.3) is 6.08 Å². The number of carbonyl (C=O) groups is 2. The summed E-state index contributed by atoms with van der Waals surface area (Å²) >= 11 is 6.76. The van der Waals surface area contributed by atoms with Crippen molar-refractivity contribution in [2.24, 2.45) is 0 Å². The predicted molar refractivity (Wildman–Crippen MR) is 124 cm³/mol. The van der Waals surface area contributed by atoms with E-state index in [0.717, 1.165) is 0 Å². The summed E-state index contributed by atoms with van der Waals surface area (Å²) in [5.74, 6) is 0.0728. The Bertz CT molecular complexity index is 991. The molecule has 1 amide bonds. The van der Waals surface area contributed by atoms with E-state index in [2.05, 4.69) is 37.2 Å². The quantitative estimate of drug-likeness (QED) is 0.264. The van der Waals surface area contributed by atoms with Gasteiger partial charge < -0.3 is 19.5 Å². The molecule has 2 rings (SSSR count). The Balaban J connectivity index is 2.14. The number of carbonyl (C=O) groups excluding carboxylic acids is 2. The van der Waals surface area contributed by atoms with Crippen LogP contribution < -0.4 is 14.8 Å². The Morgan fingerprint density at radius 1 is 1.06 bits per heavy atom. The van der Waals surface area contributed by atoms with Crippen LogP contribution in [0.5, 0.6) is 11.5 Å². The molecule has 2 aromatic rings. The number of amides is 1. The van der Waals surface area contributed by atoms with E-state index >= 15 is 0 Å². The van der Waals surface area contributed by atoms with E-state index in [4.69, 9.17) is 14.2 Å². The molecule has 0 bridgehead atoms. The van der Waals surface area contributed by atoms with Crippen molar-refractivity contribution >= 4 is 55.5 Å². The molecule has 162 valence electrons. The summed E-state index contributed by atoms with van der Waals surface area (Å²) in [4.78, 5) is 24.0. The van der Waals surface area contributed by atoms with Crippen molar-refractivity contribution in [3.63, 3.8) is 0 Å². The number of nitrogens with one attached hydrogen (secondary N) is 1. The highest BCUT2D eigenvalue weighted by atomic mass is 79.9. The van der Waals surface area contributed by atoms with Gasteiger partial charge in [-0.1, -0.05) is 0 Å².